The van der Waals surface area contributed by atoms with Gasteiger partial charge in [0.2, 0.25) is 5.89 Å². The number of rotatable bonds is 8. The minimum atomic E-state index is -0.596. The highest BCUT2D eigenvalue weighted by atomic mass is 32.2. The number of benzene rings is 1. The molecule has 11 heteroatoms. The summed E-state index contributed by atoms with van der Waals surface area (Å²) in [6, 6.07) is 7.70. The lowest BCUT2D eigenvalue weighted by Gasteiger charge is -2.43. The molecule has 3 atom stereocenters. The van der Waals surface area contributed by atoms with Crippen LogP contribution in [0.4, 0.5) is 0 Å². The Morgan fingerprint density at radius 2 is 2.03 bits per heavy atom. The molecule has 0 spiro atoms. The number of aromatic nitrogens is 3. The van der Waals surface area contributed by atoms with E-state index in [0.717, 1.165) is 31.5 Å². The number of oxazole rings is 1. The number of aromatic amines is 1. The van der Waals surface area contributed by atoms with Gasteiger partial charge in [-0.05, 0) is 18.9 Å². The largest absolute Gasteiger partial charge is 0.496 e. The van der Waals surface area contributed by atoms with E-state index in [-0.39, 0.29) is 30.0 Å². The van der Waals surface area contributed by atoms with Crippen molar-refractivity contribution in [3.05, 3.63) is 74.6 Å². The predicted octanol–water partition coefficient (Wildman–Crippen LogP) is 2.79. The molecular weight excluding hydrogens is 508 g/mol. The molecule has 5 heterocycles. The molecule has 3 aliphatic rings. The van der Waals surface area contributed by atoms with Gasteiger partial charge < -0.3 is 23.9 Å². The predicted molar refractivity (Wildman–Crippen MR) is 141 cm³/mol. The van der Waals surface area contributed by atoms with E-state index in [2.05, 4.69) is 15.3 Å². The molecule has 0 saturated carbocycles. The minimum absolute atomic E-state index is 0.00999. The summed E-state index contributed by atoms with van der Waals surface area (Å²) in [5, 5.41) is 3.99. The van der Waals surface area contributed by atoms with E-state index in [4.69, 9.17) is 18.6 Å². The molecule has 0 bridgehead atoms. The van der Waals surface area contributed by atoms with Crippen molar-refractivity contribution in [3.63, 3.8) is 0 Å². The molecule has 3 unspecified atom stereocenters. The molecule has 38 heavy (non-hydrogen) atoms. The molecular formula is C27H32N4O6S. The van der Waals surface area contributed by atoms with Crippen LogP contribution >= 0.6 is 11.8 Å². The second-order valence-electron chi connectivity index (χ2n) is 10.1. The normalized spacial score (nSPS) is 24.6. The Balaban J connectivity index is 1.44. The van der Waals surface area contributed by atoms with Crippen molar-refractivity contribution in [1.29, 1.82) is 0 Å². The molecule has 1 aromatic carbocycles. The van der Waals surface area contributed by atoms with Crippen LogP contribution in [0.2, 0.25) is 0 Å². The summed E-state index contributed by atoms with van der Waals surface area (Å²) in [6.07, 6.45) is 4.27. The maximum Gasteiger partial charge on any atom is 0.329 e. The lowest BCUT2D eigenvalue weighted by molar-refractivity contribution is -0.0762. The average Bonchev–Trinajstić information content (AvgIpc) is 3.53. The smallest absolute Gasteiger partial charge is 0.329 e. The summed E-state index contributed by atoms with van der Waals surface area (Å²) < 4.78 is 24.8. The number of fused-ring (bicyclic) bond motifs is 1. The Labute approximate surface area is 224 Å². The van der Waals surface area contributed by atoms with Gasteiger partial charge >= 0.3 is 5.69 Å². The third kappa shape index (κ3) is 4.21. The first-order chi connectivity index (χ1) is 18.5. The molecule has 6 rings (SSSR count). The zero-order valence-corrected chi connectivity index (χ0v) is 22.3. The molecule has 202 valence electrons. The quantitative estimate of drug-likeness (QED) is 0.416. The van der Waals surface area contributed by atoms with Crippen LogP contribution in [0.25, 0.3) is 0 Å². The first-order valence-electron chi connectivity index (χ1n) is 13.1. The number of nitrogens with zero attached hydrogens (tertiary/aromatic N) is 2. The van der Waals surface area contributed by atoms with Gasteiger partial charge in [0.1, 0.15) is 22.9 Å². The van der Waals surface area contributed by atoms with Crippen molar-refractivity contribution in [3.8, 4) is 5.75 Å². The molecule has 3 aromatic rings. The van der Waals surface area contributed by atoms with Gasteiger partial charge in [-0.25, -0.2) is 9.78 Å². The Kier molecular flexibility index (Phi) is 6.93. The Bertz CT molecular complexity index is 1400. The van der Waals surface area contributed by atoms with Crippen LogP contribution < -0.4 is 21.3 Å². The van der Waals surface area contributed by atoms with Crippen LogP contribution in [0.5, 0.6) is 5.75 Å². The lowest BCUT2D eigenvalue weighted by Crippen LogP contribution is -2.54. The molecule has 2 aromatic heterocycles. The highest BCUT2D eigenvalue weighted by Gasteiger charge is 2.58. The fourth-order valence-corrected chi connectivity index (χ4v) is 7.68. The average molecular weight is 541 g/mol. The van der Waals surface area contributed by atoms with E-state index in [9.17, 15) is 9.59 Å². The fraction of sp³-hybridized carbons (Fsp3) is 0.519. The summed E-state index contributed by atoms with van der Waals surface area (Å²) in [5.41, 5.74) is 0.621. The van der Waals surface area contributed by atoms with E-state index < -0.39 is 16.5 Å². The van der Waals surface area contributed by atoms with Crippen LogP contribution in [-0.4, -0.2) is 54.1 Å². The van der Waals surface area contributed by atoms with Gasteiger partial charge in [0.15, 0.2) is 0 Å². The van der Waals surface area contributed by atoms with Crippen LogP contribution in [-0.2, 0) is 20.8 Å². The highest BCUT2D eigenvalue weighted by molar-refractivity contribution is 8.00. The van der Waals surface area contributed by atoms with Gasteiger partial charge in [-0.15, -0.1) is 0 Å². The number of hydrogen-bond donors (Lipinski definition) is 2. The van der Waals surface area contributed by atoms with E-state index in [1.807, 2.05) is 31.2 Å². The molecule has 2 saturated heterocycles. The monoisotopic (exact) mass is 540 g/mol. The van der Waals surface area contributed by atoms with Crippen LogP contribution in [0.1, 0.15) is 48.8 Å². The van der Waals surface area contributed by atoms with E-state index >= 15 is 0 Å². The third-order valence-corrected chi connectivity index (χ3v) is 9.87. The topological polar surface area (TPSA) is 121 Å². The van der Waals surface area contributed by atoms with E-state index in [1.54, 1.807) is 24.1 Å². The number of ether oxygens (including phenoxy) is 3. The standard InChI is InChI=1S/C27H32N4O6S/c1-16-22-23(32)30-26(33)31(24(22)38-27(16,17-13-28-14-17)25-29-9-12-36-25)15-21(37-18-7-10-35-11-8-18)19-5-3-4-6-20(19)34-2/h3-6,9,12,16-18,21,28H,7-8,10-11,13-15H2,1-2H3,(H,30,32,33). The zero-order valence-electron chi connectivity index (χ0n) is 21.5. The Morgan fingerprint density at radius 1 is 1.24 bits per heavy atom. The van der Waals surface area contributed by atoms with Gasteiger partial charge in [0.25, 0.3) is 5.56 Å². The number of nitrogens with one attached hydrogen (secondary N) is 2. The maximum atomic E-state index is 13.4. The van der Waals surface area contributed by atoms with Gasteiger partial charge in [0.05, 0.1) is 36.5 Å². The molecule has 2 fully saturated rings. The van der Waals surface area contributed by atoms with Gasteiger partial charge in [-0.2, -0.15) is 0 Å². The second-order valence-corrected chi connectivity index (χ2v) is 11.3. The number of H-pyrrole nitrogens is 1. The van der Waals surface area contributed by atoms with Crippen molar-refractivity contribution in [2.75, 3.05) is 33.4 Å². The molecule has 10 nitrogen and oxygen atoms in total. The zero-order chi connectivity index (χ0) is 26.3. The van der Waals surface area contributed by atoms with E-state index in [1.165, 1.54) is 11.8 Å². The van der Waals surface area contributed by atoms with Crippen molar-refractivity contribution in [2.45, 2.75) is 54.2 Å². The molecule has 0 amide bonds. The van der Waals surface area contributed by atoms with Gasteiger partial charge in [-0.3, -0.25) is 14.3 Å². The van der Waals surface area contributed by atoms with Crippen molar-refractivity contribution < 1.29 is 18.6 Å². The summed E-state index contributed by atoms with van der Waals surface area (Å²) in [4.78, 5) is 33.8. The minimum Gasteiger partial charge on any atom is -0.496 e. The number of para-hydroxylation sites is 1. The number of hydrogen-bond acceptors (Lipinski definition) is 9. The van der Waals surface area contributed by atoms with Gasteiger partial charge in [0, 0.05) is 43.7 Å². The summed E-state index contributed by atoms with van der Waals surface area (Å²) in [6.45, 7) is 5.10. The maximum absolute atomic E-state index is 13.4. The highest BCUT2D eigenvalue weighted by Crippen LogP contribution is 2.61. The Hall–Kier alpha value is -2.86. The second kappa shape index (κ2) is 10.4. The Morgan fingerprint density at radius 3 is 2.71 bits per heavy atom. The van der Waals surface area contributed by atoms with Crippen LogP contribution in [0, 0.1) is 5.92 Å². The summed E-state index contributed by atoms with van der Waals surface area (Å²) in [5.74, 6) is 1.25. The number of thioether (sulfide) groups is 1. The fourth-order valence-electron chi connectivity index (χ4n) is 5.89. The van der Waals surface area contributed by atoms with Crippen molar-refractivity contribution >= 4 is 11.8 Å². The molecule has 3 aliphatic heterocycles. The first-order valence-corrected chi connectivity index (χ1v) is 13.9. The van der Waals surface area contributed by atoms with Gasteiger partial charge in [-0.1, -0.05) is 36.9 Å². The first kappa shape index (κ1) is 25.4. The summed E-state index contributed by atoms with van der Waals surface area (Å²) >= 11 is 1.52. The third-order valence-electron chi connectivity index (χ3n) is 8.04. The summed E-state index contributed by atoms with van der Waals surface area (Å²) in [7, 11) is 1.63. The lowest BCUT2D eigenvalue weighted by atomic mass is 9.76. The van der Waals surface area contributed by atoms with Crippen LogP contribution in [0.15, 0.2) is 55.8 Å². The molecule has 0 radical (unpaired) electrons. The van der Waals surface area contributed by atoms with Crippen LogP contribution in [0.3, 0.4) is 0 Å². The van der Waals surface area contributed by atoms with Crippen molar-refractivity contribution in [1.82, 2.24) is 19.9 Å². The molecule has 0 aliphatic carbocycles. The van der Waals surface area contributed by atoms with E-state index in [0.29, 0.717) is 35.4 Å². The SMILES string of the molecule is COc1ccccc1C(Cn1c2c(c(=O)[nH]c1=O)C(C)C(c1ncco1)(C1CNC1)S2)OC1CCOCC1. The molecule has 2 N–H and O–H groups in total. The van der Waals surface area contributed by atoms with Crippen molar-refractivity contribution in [2.24, 2.45) is 5.92 Å². The number of methoxy groups -OCH3 is 1.